The average molecular weight is 264 g/mol. The van der Waals surface area contributed by atoms with Gasteiger partial charge < -0.3 is 20.9 Å². The number of rotatable bonds is 3. The first kappa shape index (κ1) is 13.8. The number of hydrogen-bond acceptors (Lipinski definition) is 4. The van der Waals surface area contributed by atoms with Gasteiger partial charge in [0, 0.05) is 12.0 Å². The van der Waals surface area contributed by atoms with Gasteiger partial charge in [0.25, 0.3) is 5.91 Å². The number of carbonyl (C=O) groups is 1. The number of anilines is 1. The molecule has 1 heterocycles. The first-order valence-corrected chi connectivity index (χ1v) is 6.35. The Bertz CT molecular complexity index is 499. The molecule has 1 aromatic carbocycles. The highest BCUT2D eigenvalue weighted by molar-refractivity contribution is 5.97. The van der Waals surface area contributed by atoms with E-state index >= 15 is 0 Å². The van der Waals surface area contributed by atoms with Crippen LogP contribution in [-0.4, -0.2) is 23.7 Å². The zero-order chi connectivity index (χ0) is 14.2. The number of aliphatic hydroxyl groups is 1. The van der Waals surface area contributed by atoms with Gasteiger partial charge in [0.2, 0.25) is 0 Å². The van der Waals surface area contributed by atoms with Crippen molar-refractivity contribution >= 4 is 11.6 Å². The van der Waals surface area contributed by atoms with Gasteiger partial charge in [-0.3, -0.25) is 4.79 Å². The molecule has 0 aliphatic carbocycles. The molecular formula is C14H20N2O3. The maximum Gasteiger partial charge on any atom is 0.265 e. The number of amides is 1. The second kappa shape index (κ2) is 4.83. The number of ether oxygens (including phenoxy) is 1. The molecule has 1 aromatic rings. The van der Waals surface area contributed by atoms with Crippen LogP contribution in [-0.2, 0) is 4.79 Å². The van der Waals surface area contributed by atoms with Gasteiger partial charge in [0.1, 0.15) is 5.75 Å². The molecule has 19 heavy (non-hydrogen) atoms. The molecule has 0 saturated carbocycles. The molecule has 0 bridgehead atoms. The van der Waals surface area contributed by atoms with Crippen molar-refractivity contribution in [3.05, 3.63) is 23.8 Å². The summed E-state index contributed by atoms with van der Waals surface area (Å²) < 4.78 is 5.47. The summed E-state index contributed by atoms with van der Waals surface area (Å²) in [6, 6.07) is 5.29. The van der Waals surface area contributed by atoms with Crippen LogP contribution in [0.5, 0.6) is 5.75 Å². The number of fused-ring (bicyclic) bond motifs is 1. The van der Waals surface area contributed by atoms with Crippen molar-refractivity contribution in [1.82, 2.24) is 0 Å². The minimum absolute atomic E-state index is 0.183. The predicted octanol–water partition coefficient (Wildman–Crippen LogP) is 1.42. The molecule has 1 aliphatic rings. The van der Waals surface area contributed by atoms with Crippen molar-refractivity contribution in [3.63, 3.8) is 0 Å². The van der Waals surface area contributed by atoms with Crippen molar-refractivity contribution in [2.45, 2.75) is 33.0 Å². The van der Waals surface area contributed by atoms with Crippen LogP contribution in [0.25, 0.3) is 0 Å². The lowest BCUT2D eigenvalue weighted by Gasteiger charge is -2.30. The Labute approximate surface area is 112 Å². The minimum atomic E-state index is -0.695. The Morgan fingerprint density at radius 1 is 1.53 bits per heavy atom. The molecule has 0 fully saturated rings. The molecule has 2 rings (SSSR count). The highest BCUT2D eigenvalue weighted by Gasteiger charge is 2.30. The summed E-state index contributed by atoms with van der Waals surface area (Å²) in [6.45, 7) is 5.85. The standard InChI is InChI=1S/C14H20N2O3/c1-8-13(18)16-10-6-9(4-5-11(10)19-8)12(17)14(2,3)7-15/h4-6,8,12,17H,7,15H2,1-3H3,(H,16,18). The highest BCUT2D eigenvalue weighted by Crippen LogP contribution is 2.37. The molecular weight excluding hydrogens is 244 g/mol. The lowest BCUT2D eigenvalue weighted by molar-refractivity contribution is -0.122. The summed E-state index contributed by atoms with van der Waals surface area (Å²) in [7, 11) is 0. The summed E-state index contributed by atoms with van der Waals surface area (Å²) in [6.07, 6.45) is -1.19. The molecule has 0 spiro atoms. The molecule has 104 valence electrons. The smallest absolute Gasteiger partial charge is 0.265 e. The number of hydrogen-bond donors (Lipinski definition) is 3. The number of nitrogens with one attached hydrogen (secondary N) is 1. The molecule has 0 radical (unpaired) electrons. The summed E-state index contributed by atoms with van der Waals surface area (Å²) in [5, 5.41) is 13.1. The first-order valence-electron chi connectivity index (χ1n) is 6.35. The van der Waals surface area contributed by atoms with Gasteiger partial charge in [0.05, 0.1) is 11.8 Å². The molecule has 1 amide bonds. The van der Waals surface area contributed by atoms with Crippen LogP contribution in [0.15, 0.2) is 18.2 Å². The van der Waals surface area contributed by atoms with E-state index in [0.29, 0.717) is 23.5 Å². The quantitative estimate of drug-likeness (QED) is 0.771. The van der Waals surface area contributed by atoms with Crippen LogP contribution < -0.4 is 15.8 Å². The van der Waals surface area contributed by atoms with Crippen LogP contribution in [0.4, 0.5) is 5.69 Å². The van der Waals surface area contributed by atoms with Crippen molar-refractivity contribution in [2.75, 3.05) is 11.9 Å². The average Bonchev–Trinajstić information content (AvgIpc) is 2.38. The van der Waals surface area contributed by atoms with E-state index in [4.69, 9.17) is 10.5 Å². The third-order valence-corrected chi connectivity index (χ3v) is 3.52. The van der Waals surface area contributed by atoms with Crippen molar-refractivity contribution in [2.24, 2.45) is 11.1 Å². The fraction of sp³-hybridized carbons (Fsp3) is 0.500. The molecule has 1 aliphatic heterocycles. The summed E-state index contributed by atoms with van der Waals surface area (Å²) >= 11 is 0. The normalized spacial score (nSPS) is 20.3. The van der Waals surface area contributed by atoms with Crippen molar-refractivity contribution in [3.8, 4) is 5.75 Å². The van der Waals surface area contributed by atoms with Crippen LogP contribution in [0.1, 0.15) is 32.4 Å². The molecule has 0 aromatic heterocycles. The van der Waals surface area contributed by atoms with E-state index in [1.54, 1.807) is 25.1 Å². The second-order valence-corrected chi connectivity index (χ2v) is 5.60. The van der Waals surface area contributed by atoms with E-state index < -0.39 is 17.6 Å². The number of aliphatic hydroxyl groups excluding tert-OH is 1. The van der Waals surface area contributed by atoms with E-state index in [0.717, 1.165) is 0 Å². The van der Waals surface area contributed by atoms with Gasteiger partial charge in [-0.1, -0.05) is 19.9 Å². The summed E-state index contributed by atoms with van der Waals surface area (Å²) in [5.41, 5.74) is 6.54. The zero-order valence-corrected chi connectivity index (χ0v) is 11.4. The van der Waals surface area contributed by atoms with Crippen LogP contribution in [0, 0.1) is 5.41 Å². The lowest BCUT2D eigenvalue weighted by Crippen LogP contribution is -2.35. The maximum absolute atomic E-state index is 11.6. The van der Waals surface area contributed by atoms with Gasteiger partial charge in [-0.2, -0.15) is 0 Å². The van der Waals surface area contributed by atoms with Crippen molar-refractivity contribution in [1.29, 1.82) is 0 Å². The topological polar surface area (TPSA) is 84.6 Å². The van der Waals surface area contributed by atoms with E-state index in [2.05, 4.69) is 5.32 Å². The Morgan fingerprint density at radius 2 is 2.21 bits per heavy atom. The predicted molar refractivity (Wildman–Crippen MR) is 73.0 cm³/mol. The van der Waals surface area contributed by atoms with E-state index in [1.165, 1.54) is 0 Å². The Morgan fingerprint density at radius 3 is 2.84 bits per heavy atom. The van der Waals surface area contributed by atoms with E-state index in [1.807, 2.05) is 13.8 Å². The monoisotopic (exact) mass is 264 g/mol. The molecule has 4 N–H and O–H groups in total. The SMILES string of the molecule is CC1Oc2ccc(C(O)C(C)(C)CN)cc2NC1=O. The fourth-order valence-electron chi connectivity index (χ4n) is 1.96. The molecule has 5 heteroatoms. The third-order valence-electron chi connectivity index (χ3n) is 3.52. The fourth-order valence-corrected chi connectivity index (χ4v) is 1.96. The van der Waals surface area contributed by atoms with Gasteiger partial charge in [-0.05, 0) is 24.6 Å². The Balaban J connectivity index is 2.32. The van der Waals surface area contributed by atoms with Gasteiger partial charge in [0.15, 0.2) is 6.10 Å². The molecule has 5 nitrogen and oxygen atoms in total. The highest BCUT2D eigenvalue weighted by atomic mass is 16.5. The number of carbonyl (C=O) groups excluding carboxylic acids is 1. The lowest BCUT2D eigenvalue weighted by atomic mass is 9.82. The van der Waals surface area contributed by atoms with Gasteiger partial charge >= 0.3 is 0 Å². The van der Waals surface area contributed by atoms with Crippen LogP contribution in [0.3, 0.4) is 0 Å². The number of nitrogens with two attached hydrogens (primary N) is 1. The molecule has 0 saturated heterocycles. The Kier molecular flexibility index (Phi) is 3.52. The van der Waals surface area contributed by atoms with Crippen LogP contribution in [0.2, 0.25) is 0 Å². The summed E-state index contributed by atoms with van der Waals surface area (Å²) in [4.78, 5) is 11.6. The third kappa shape index (κ3) is 2.57. The maximum atomic E-state index is 11.6. The number of benzene rings is 1. The molecule has 2 unspecified atom stereocenters. The Hall–Kier alpha value is -1.59. The van der Waals surface area contributed by atoms with E-state index in [-0.39, 0.29) is 5.91 Å². The molecule has 2 atom stereocenters. The summed E-state index contributed by atoms with van der Waals surface area (Å²) in [5.74, 6) is 0.436. The first-order chi connectivity index (χ1) is 8.85. The largest absolute Gasteiger partial charge is 0.479 e. The minimum Gasteiger partial charge on any atom is -0.479 e. The zero-order valence-electron chi connectivity index (χ0n) is 11.4. The van der Waals surface area contributed by atoms with Crippen molar-refractivity contribution < 1.29 is 14.6 Å². The van der Waals surface area contributed by atoms with Gasteiger partial charge in [-0.25, -0.2) is 0 Å². The second-order valence-electron chi connectivity index (χ2n) is 5.60. The van der Waals surface area contributed by atoms with Crippen LogP contribution >= 0.6 is 0 Å². The van der Waals surface area contributed by atoms with E-state index in [9.17, 15) is 9.90 Å². The van der Waals surface area contributed by atoms with Gasteiger partial charge in [-0.15, -0.1) is 0 Å².